The minimum Gasteiger partial charge on any atom is -0.348 e. The Morgan fingerprint density at radius 2 is 2.00 bits per heavy atom. The van der Waals surface area contributed by atoms with Crippen molar-refractivity contribution >= 4 is 45.4 Å². The van der Waals surface area contributed by atoms with Gasteiger partial charge in [0.05, 0.1) is 39.4 Å². The highest BCUT2D eigenvalue weighted by atomic mass is 32.2. The van der Waals surface area contributed by atoms with Gasteiger partial charge in [0.25, 0.3) is 0 Å². The summed E-state index contributed by atoms with van der Waals surface area (Å²) in [5, 5.41) is 8.40. The summed E-state index contributed by atoms with van der Waals surface area (Å²) in [4.78, 5) is 45.2. The molecule has 10 nitrogen and oxygen atoms in total. The van der Waals surface area contributed by atoms with Crippen molar-refractivity contribution in [1.82, 2.24) is 34.6 Å². The van der Waals surface area contributed by atoms with E-state index >= 15 is 4.39 Å². The molecular formula is C32H31FN8O2S. The highest BCUT2D eigenvalue weighted by molar-refractivity contribution is 7.99. The lowest BCUT2D eigenvalue weighted by Crippen LogP contribution is -2.56. The third-order valence-corrected chi connectivity index (χ3v) is 9.78. The average molecular weight is 611 g/mol. The van der Waals surface area contributed by atoms with Gasteiger partial charge in [-0.1, -0.05) is 26.5 Å². The van der Waals surface area contributed by atoms with Crippen LogP contribution in [-0.4, -0.2) is 72.0 Å². The molecule has 0 saturated carbocycles. The Labute approximate surface area is 257 Å². The number of rotatable bonds is 4. The Hall–Kier alpha value is -4.58. The van der Waals surface area contributed by atoms with E-state index in [1.54, 1.807) is 17.3 Å². The summed E-state index contributed by atoms with van der Waals surface area (Å²) < 4.78 is 18.5. The highest BCUT2D eigenvalue weighted by Gasteiger charge is 2.37. The smallest absolute Gasteiger partial charge is 0.348 e. The molecule has 12 heteroatoms. The summed E-state index contributed by atoms with van der Waals surface area (Å²) in [6.45, 7) is 12.8. The lowest BCUT2D eigenvalue weighted by Gasteiger charge is -2.41. The van der Waals surface area contributed by atoms with Gasteiger partial charge in [0, 0.05) is 42.5 Å². The second-order valence-electron chi connectivity index (χ2n) is 11.6. The number of pyridine rings is 2. The van der Waals surface area contributed by atoms with Gasteiger partial charge in [0.15, 0.2) is 11.5 Å². The number of hydrogen-bond acceptors (Lipinski definition) is 8. The normalized spacial score (nSPS) is 16.5. The van der Waals surface area contributed by atoms with Crippen LogP contribution in [0.4, 0.5) is 10.2 Å². The van der Waals surface area contributed by atoms with Crippen molar-refractivity contribution in [3.63, 3.8) is 0 Å². The van der Waals surface area contributed by atoms with Crippen LogP contribution in [0.3, 0.4) is 0 Å². The largest absolute Gasteiger partial charge is 0.355 e. The molecule has 0 radical (unpaired) electrons. The highest BCUT2D eigenvalue weighted by Crippen LogP contribution is 2.44. The predicted molar refractivity (Wildman–Crippen MR) is 170 cm³/mol. The molecule has 1 aromatic carbocycles. The number of amides is 1. The third kappa shape index (κ3) is 4.22. The van der Waals surface area contributed by atoms with E-state index in [9.17, 15) is 9.59 Å². The maximum absolute atomic E-state index is 17.0. The van der Waals surface area contributed by atoms with Gasteiger partial charge in [-0.15, -0.1) is 11.8 Å². The SMILES string of the molecule is C=CC(=O)N1CCN2c3nc(=O)n(-c4c(C)ccnc4C(C)C)c4nc(-c5c(C)ccc6[nH]ncc56)c(F)c(c34)SCC2C1. The first kappa shape index (κ1) is 28.2. The molecule has 1 saturated heterocycles. The summed E-state index contributed by atoms with van der Waals surface area (Å²) in [6.07, 6.45) is 4.71. The van der Waals surface area contributed by atoms with Crippen molar-refractivity contribution < 1.29 is 9.18 Å². The van der Waals surface area contributed by atoms with Gasteiger partial charge in [-0.25, -0.2) is 18.7 Å². The van der Waals surface area contributed by atoms with Gasteiger partial charge in [-0.2, -0.15) is 10.1 Å². The first-order chi connectivity index (χ1) is 21.2. The summed E-state index contributed by atoms with van der Waals surface area (Å²) in [5.74, 6) is 0.243. The van der Waals surface area contributed by atoms with E-state index in [2.05, 4.69) is 26.7 Å². The molecule has 44 heavy (non-hydrogen) atoms. The average Bonchev–Trinajstić information content (AvgIpc) is 3.42. The number of anilines is 1. The number of nitrogens with zero attached hydrogens (tertiary/aromatic N) is 7. The third-order valence-electron chi connectivity index (χ3n) is 8.56. The van der Waals surface area contributed by atoms with Gasteiger partial charge >= 0.3 is 5.69 Å². The van der Waals surface area contributed by atoms with E-state index in [-0.39, 0.29) is 23.6 Å². The minimum atomic E-state index is -0.519. The van der Waals surface area contributed by atoms with E-state index in [0.717, 1.165) is 27.7 Å². The monoisotopic (exact) mass is 610 g/mol. The first-order valence-corrected chi connectivity index (χ1v) is 15.5. The van der Waals surface area contributed by atoms with Crippen LogP contribution >= 0.6 is 11.8 Å². The number of fused-ring (bicyclic) bond motifs is 3. The number of thioether (sulfide) groups is 1. The molecule has 5 aromatic rings. The molecular weight excluding hydrogens is 579 g/mol. The molecule has 7 rings (SSSR count). The van der Waals surface area contributed by atoms with Crippen molar-refractivity contribution in [1.29, 1.82) is 0 Å². The second-order valence-corrected chi connectivity index (χ2v) is 12.6. The van der Waals surface area contributed by atoms with Crippen LogP contribution in [0.5, 0.6) is 0 Å². The molecule has 6 heterocycles. The lowest BCUT2D eigenvalue weighted by molar-refractivity contribution is -0.126. The lowest BCUT2D eigenvalue weighted by atomic mass is 10.00. The molecule has 224 valence electrons. The summed E-state index contributed by atoms with van der Waals surface area (Å²) >= 11 is 1.37. The fourth-order valence-electron chi connectivity index (χ4n) is 6.40. The zero-order valence-corrected chi connectivity index (χ0v) is 25.7. The van der Waals surface area contributed by atoms with Crippen LogP contribution in [0.2, 0.25) is 0 Å². The summed E-state index contributed by atoms with van der Waals surface area (Å²) in [7, 11) is 0. The number of aromatic amines is 1. The number of aryl methyl sites for hydroxylation is 2. The fourth-order valence-corrected chi connectivity index (χ4v) is 7.60. The standard InChI is InChI=1S/C32H31FN8O2S/c1-6-22(42)39-11-12-40-19(14-39)15-44-29-24-30(40)37-32(43)41(28-18(5)9-10-34-26(28)16(2)3)31(24)36-27(25(29)33)23-17(4)7-8-21-20(23)13-35-38-21/h6-10,13,16,19H,1,11-12,14-15H2,2-5H3,(H,35,38). The molecule has 1 N–H and O–H groups in total. The zero-order valence-electron chi connectivity index (χ0n) is 24.9. The number of aromatic nitrogens is 6. The number of carbonyl (C=O) groups is 1. The number of nitrogens with one attached hydrogen (secondary N) is 1. The molecule has 2 aliphatic heterocycles. The Kier molecular flexibility index (Phi) is 6.76. The van der Waals surface area contributed by atoms with Crippen molar-refractivity contribution in [2.75, 3.05) is 30.3 Å². The van der Waals surface area contributed by atoms with Crippen LogP contribution in [0, 0.1) is 19.7 Å². The maximum atomic E-state index is 17.0. The summed E-state index contributed by atoms with van der Waals surface area (Å²) in [6, 6.07) is 5.48. The Bertz CT molecular complexity index is 2070. The van der Waals surface area contributed by atoms with E-state index in [1.165, 1.54) is 22.4 Å². The van der Waals surface area contributed by atoms with Crippen molar-refractivity contribution in [3.05, 3.63) is 76.4 Å². The van der Waals surface area contributed by atoms with Crippen molar-refractivity contribution in [2.45, 2.75) is 44.6 Å². The second kappa shape index (κ2) is 10.5. The van der Waals surface area contributed by atoms with E-state index in [0.29, 0.717) is 58.4 Å². The molecule has 2 aliphatic rings. The molecule has 1 atom stereocenters. The number of benzene rings is 1. The number of hydrogen-bond donors (Lipinski definition) is 1. The Balaban J connectivity index is 1.59. The molecule has 0 spiro atoms. The molecule has 1 fully saturated rings. The molecule has 4 aromatic heterocycles. The Morgan fingerprint density at radius 3 is 2.77 bits per heavy atom. The Morgan fingerprint density at radius 1 is 1.18 bits per heavy atom. The van der Waals surface area contributed by atoms with Crippen LogP contribution in [0.25, 0.3) is 38.9 Å². The fraction of sp³-hybridized carbons (Fsp3) is 0.312. The zero-order chi connectivity index (χ0) is 30.9. The number of piperazine rings is 1. The maximum Gasteiger partial charge on any atom is 0.355 e. The summed E-state index contributed by atoms with van der Waals surface area (Å²) in [5.41, 5.74) is 4.31. The van der Waals surface area contributed by atoms with Gasteiger partial charge in [-0.05, 0) is 49.1 Å². The van der Waals surface area contributed by atoms with E-state index in [1.807, 2.05) is 50.8 Å². The molecule has 0 aliphatic carbocycles. The number of halogens is 1. The number of H-pyrrole nitrogens is 1. The first-order valence-electron chi connectivity index (χ1n) is 14.6. The van der Waals surface area contributed by atoms with Crippen LogP contribution < -0.4 is 10.6 Å². The molecule has 0 bridgehead atoms. The quantitative estimate of drug-likeness (QED) is 0.286. The van der Waals surface area contributed by atoms with Gasteiger partial charge < -0.3 is 9.80 Å². The van der Waals surface area contributed by atoms with Gasteiger partial charge in [0.1, 0.15) is 11.5 Å². The minimum absolute atomic E-state index is 0.00208. The molecule has 1 unspecified atom stereocenters. The van der Waals surface area contributed by atoms with Gasteiger partial charge in [-0.3, -0.25) is 14.9 Å². The van der Waals surface area contributed by atoms with E-state index in [4.69, 9.17) is 4.98 Å². The van der Waals surface area contributed by atoms with E-state index < -0.39 is 11.5 Å². The molecule has 1 amide bonds. The van der Waals surface area contributed by atoms with Crippen LogP contribution in [0.15, 0.2) is 52.9 Å². The van der Waals surface area contributed by atoms with Crippen LogP contribution in [-0.2, 0) is 4.79 Å². The predicted octanol–water partition coefficient (Wildman–Crippen LogP) is 4.91. The van der Waals surface area contributed by atoms with Gasteiger partial charge in [0.2, 0.25) is 5.91 Å². The number of carbonyl (C=O) groups excluding carboxylic acids is 1. The van der Waals surface area contributed by atoms with Crippen molar-refractivity contribution in [3.8, 4) is 16.9 Å². The van der Waals surface area contributed by atoms with Crippen LogP contribution in [0.1, 0.15) is 36.6 Å². The van der Waals surface area contributed by atoms with Crippen molar-refractivity contribution in [2.24, 2.45) is 0 Å². The topological polar surface area (TPSA) is 113 Å².